The van der Waals surface area contributed by atoms with Crippen LogP contribution in [0.3, 0.4) is 0 Å². The van der Waals surface area contributed by atoms with Crippen LogP contribution < -0.4 is 5.32 Å². The van der Waals surface area contributed by atoms with Crippen LogP contribution in [-0.4, -0.2) is 28.9 Å². The van der Waals surface area contributed by atoms with Gasteiger partial charge >= 0.3 is 6.03 Å². The smallest absolute Gasteiger partial charge is 0.321 e. The third kappa shape index (κ3) is 6.78. The number of nitrogens with zero attached hydrogens (tertiary/aromatic N) is 2. The van der Waals surface area contributed by atoms with Gasteiger partial charge in [0, 0.05) is 30.9 Å². The molecule has 0 spiro atoms. The zero-order chi connectivity index (χ0) is 17.1. The molecule has 0 aliphatic heterocycles. The first-order valence-corrected chi connectivity index (χ1v) is 7.66. The summed E-state index contributed by atoms with van der Waals surface area (Å²) in [6.07, 6.45) is 8.21. The number of nitro benzene ring substituents is 1. The topological polar surface area (TPSA) is 75.5 Å². The summed E-state index contributed by atoms with van der Waals surface area (Å²) in [5.74, 6) is 0. The fraction of sp³-hybridized carbons (Fsp3) is 0.353. The number of hydrogen-bond acceptors (Lipinski definition) is 3. The van der Waals surface area contributed by atoms with E-state index in [4.69, 9.17) is 0 Å². The molecule has 23 heavy (non-hydrogen) atoms. The molecule has 0 fully saturated rings. The quantitative estimate of drug-likeness (QED) is 0.417. The van der Waals surface area contributed by atoms with Gasteiger partial charge in [-0.15, -0.1) is 0 Å². The molecule has 0 heterocycles. The standard InChI is InChI=1S/C17H23N3O3/c1-3-5-7-8-14-19(13-6-4-2)17(21)18-15-9-11-16(12-10-15)20(22)23/h3,5,7,9-12H,1,4,6,8,13-14H2,2H3,(H,18,21)/b7-5+. The summed E-state index contributed by atoms with van der Waals surface area (Å²) in [6, 6.07) is 5.62. The third-order valence-corrected chi connectivity index (χ3v) is 3.24. The molecule has 0 radical (unpaired) electrons. The molecule has 124 valence electrons. The Morgan fingerprint density at radius 2 is 2.04 bits per heavy atom. The molecule has 1 aromatic carbocycles. The van der Waals surface area contributed by atoms with Gasteiger partial charge in [-0.25, -0.2) is 4.79 Å². The second-order valence-electron chi connectivity index (χ2n) is 5.03. The van der Waals surface area contributed by atoms with E-state index in [2.05, 4.69) is 18.8 Å². The number of carbonyl (C=O) groups excluding carboxylic acids is 1. The number of amides is 2. The van der Waals surface area contributed by atoms with Crippen molar-refractivity contribution in [1.82, 2.24) is 4.90 Å². The molecule has 1 N–H and O–H groups in total. The Morgan fingerprint density at radius 3 is 2.61 bits per heavy atom. The van der Waals surface area contributed by atoms with E-state index in [0.29, 0.717) is 18.8 Å². The van der Waals surface area contributed by atoms with E-state index < -0.39 is 4.92 Å². The molecule has 6 nitrogen and oxygen atoms in total. The van der Waals surface area contributed by atoms with Gasteiger partial charge in [-0.05, 0) is 25.0 Å². The number of urea groups is 1. The third-order valence-electron chi connectivity index (χ3n) is 3.24. The van der Waals surface area contributed by atoms with Gasteiger partial charge in [-0.1, -0.05) is 38.2 Å². The Bertz CT molecular complexity index is 553. The number of benzene rings is 1. The summed E-state index contributed by atoms with van der Waals surface area (Å²) < 4.78 is 0. The van der Waals surface area contributed by atoms with Crippen LogP contribution in [0.5, 0.6) is 0 Å². The average molecular weight is 317 g/mol. The van der Waals surface area contributed by atoms with Crippen molar-refractivity contribution in [2.24, 2.45) is 0 Å². The first-order valence-electron chi connectivity index (χ1n) is 7.66. The molecule has 0 bridgehead atoms. The van der Waals surface area contributed by atoms with Crippen LogP contribution in [0.1, 0.15) is 26.2 Å². The Hall–Kier alpha value is -2.63. The van der Waals surface area contributed by atoms with Crippen LogP contribution in [0.15, 0.2) is 49.1 Å². The van der Waals surface area contributed by atoms with Crippen LogP contribution in [0.2, 0.25) is 0 Å². The molecule has 0 aromatic heterocycles. The van der Waals surface area contributed by atoms with Gasteiger partial charge in [0.2, 0.25) is 0 Å². The van der Waals surface area contributed by atoms with Crippen LogP contribution >= 0.6 is 0 Å². The largest absolute Gasteiger partial charge is 0.324 e. The van der Waals surface area contributed by atoms with Crippen LogP contribution in [0.4, 0.5) is 16.2 Å². The van der Waals surface area contributed by atoms with Crippen molar-refractivity contribution in [3.63, 3.8) is 0 Å². The molecule has 2 amide bonds. The number of unbranched alkanes of at least 4 members (excludes halogenated alkanes) is 1. The van der Waals surface area contributed by atoms with Crippen molar-refractivity contribution in [3.8, 4) is 0 Å². The molecule has 1 aromatic rings. The van der Waals surface area contributed by atoms with Gasteiger partial charge in [0.15, 0.2) is 0 Å². The Kier molecular flexibility index (Phi) is 8.13. The molecule has 6 heteroatoms. The van der Waals surface area contributed by atoms with Crippen LogP contribution in [-0.2, 0) is 0 Å². The van der Waals surface area contributed by atoms with Gasteiger partial charge in [-0.2, -0.15) is 0 Å². The zero-order valence-electron chi connectivity index (χ0n) is 13.4. The molecule has 0 unspecified atom stereocenters. The van der Waals surface area contributed by atoms with Crippen molar-refractivity contribution in [3.05, 3.63) is 59.2 Å². The van der Waals surface area contributed by atoms with Gasteiger partial charge in [0.05, 0.1) is 4.92 Å². The molecule has 1 rings (SSSR count). The summed E-state index contributed by atoms with van der Waals surface area (Å²) in [5.41, 5.74) is 0.545. The number of rotatable bonds is 9. The van der Waals surface area contributed by atoms with E-state index >= 15 is 0 Å². The van der Waals surface area contributed by atoms with Gasteiger partial charge in [-0.3, -0.25) is 10.1 Å². The molecule has 0 aliphatic carbocycles. The maximum absolute atomic E-state index is 12.3. The first kappa shape index (κ1) is 18.4. The highest BCUT2D eigenvalue weighted by Gasteiger charge is 2.13. The first-order chi connectivity index (χ1) is 11.1. The highest BCUT2D eigenvalue weighted by atomic mass is 16.6. The highest BCUT2D eigenvalue weighted by molar-refractivity contribution is 5.89. The van der Waals surface area contributed by atoms with Gasteiger partial charge in [0.25, 0.3) is 5.69 Å². The summed E-state index contributed by atoms with van der Waals surface area (Å²) in [4.78, 5) is 24.2. The summed E-state index contributed by atoms with van der Waals surface area (Å²) in [6.45, 7) is 6.98. The summed E-state index contributed by atoms with van der Waals surface area (Å²) >= 11 is 0. The fourth-order valence-electron chi connectivity index (χ4n) is 1.96. The number of hydrogen-bond donors (Lipinski definition) is 1. The maximum Gasteiger partial charge on any atom is 0.321 e. The van der Waals surface area contributed by atoms with E-state index in [-0.39, 0.29) is 11.7 Å². The minimum Gasteiger partial charge on any atom is -0.324 e. The maximum atomic E-state index is 12.3. The minimum absolute atomic E-state index is 0.000371. The number of carbonyl (C=O) groups is 1. The molecule has 0 saturated heterocycles. The lowest BCUT2D eigenvalue weighted by Gasteiger charge is -2.22. The zero-order valence-corrected chi connectivity index (χ0v) is 13.4. The second-order valence-corrected chi connectivity index (χ2v) is 5.03. The van der Waals surface area contributed by atoms with Gasteiger partial charge < -0.3 is 10.2 Å². The number of nitrogens with one attached hydrogen (secondary N) is 1. The molecule has 0 atom stereocenters. The van der Waals surface area contributed by atoms with Gasteiger partial charge in [0.1, 0.15) is 0 Å². The van der Waals surface area contributed by atoms with Crippen molar-refractivity contribution in [2.75, 3.05) is 18.4 Å². The summed E-state index contributed by atoms with van der Waals surface area (Å²) in [5, 5.41) is 13.4. The van der Waals surface area contributed by atoms with Crippen molar-refractivity contribution < 1.29 is 9.72 Å². The average Bonchev–Trinajstić information content (AvgIpc) is 2.54. The lowest BCUT2D eigenvalue weighted by molar-refractivity contribution is -0.384. The van der Waals surface area contributed by atoms with E-state index in [0.717, 1.165) is 19.3 Å². The molecule has 0 saturated carbocycles. The number of anilines is 1. The lowest BCUT2D eigenvalue weighted by Crippen LogP contribution is -2.36. The number of nitro groups is 1. The van der Waals surface area contributed by atoms with Crippen LogP contribution in [0.25, 0.3) is 0 Å². The van der Waals surface area contributed by atoms with E-state index in [1.807, 2.05) is 12.2 Å². The fourth-order valence-corrected chi connectivity index (χ4v) is 1.96. The lowest BCUT2D eigenvalue weighted by atomic mass is 10.2. The molecular formula is C17H23N3O3. The predicted octanol–water partition coefficient (Wildman–Crippen LogP) is 4.36. The monoisotopic (exact) mass is 317 g/mol. The molecule has 0 aliphatic rings. The number of non-ortho nitro benzene ring substituents is 1. The normalized spacial score (nSPS) is 10.5. The molecular weight excluding hydrogens is 294 g/mol. The minimum atomic E-state index is -0.467. The van der Waals surface area contributed by atoms with E-state index in [1.165, 1.54) is 24.3 Å². The number of allylic oxidation sites excluding steroid dienone is 2. The Labute approximate surface area is 136 Å². The highest BCUT2D eigenvalue weighted by Crippen LogP contribution is 2.16. The second kappa shape index (κ2) is 10.2. The van der Waals surface area contributed by atoms with Crippen molar-refractivity contribution >= 4 is 17.4 Å². The summed E-state index contributed by atoms with van der Waals surface area (Å²) in [7, 11) is 0. The van der Waals surface area contributed by atoms with Crippen LogP contribution in [0, 0.1) is 10.1 Å². The predicted molar refractivity (Wildman–Crippen MR) is 92.6 cm³/mol. The SMILES string of the molecule is C=C/C=C/CCN(CCCC)C(=O)Nc1ccc([N+](=O)[O-])cc1. The van der Waals surface area contributed by atoms with Crippen molar-refractivity contribution in [1.29, 1.82) is 0 Å². The Balaban J connectivity index is 2.65. The Morgan fingerprint density at radius 1 is 1.35 bits per heavy atom. The van der Waals surface area contributed by atoms with E-state index in [1.54, 1.807) is 11.0 Å². The van der Waals surface area contributed by atoms with Crippen molar-refractivity contribution in [2.45, 2.75) is 26.2 Å². The van der Waals surface area contributed by atoms with E-state index in [9.17, 15) is 14.9 Å².